The van der Waals surface area contributed by atoms with E-state index in [1.54, 1.807) is 11.8 Å². The Hall–Kier alpha value is -1.32. The number of aryl methyl sites for hydroxylation is 1. The molecule has 100 valence electrons. The highest BCUT2D eigenvalue weighted by Gasteiger charge is 2.05. The molecule has 0 radical (unpaired) electrons. The van der Waals surface area contributed by atoms with Crippen LogP contribution in [0.2, 0.25) is 0 Å². The van der Waals surface area contributed by atoms with E-state index in [1.165, 1.54) is 20.9 Å². The van der Waals surface area contributed by atoms with E-state index >= 15 is 0 Å². The maximum absolute atomic E-state index is 4.06. The van der Waals surface area contributed by atoms with E-state index in [0.717, 1.165) is 6.54 Å². The lowest BCUT2D eigenvalue weighted by Crippen LogP contribution is -2.22. The number of pyridine rings is 1. The Labute approximate surface area is 119 Å². The van der Waals surface area contributed by atoms with E-state index in [1.807, 2.05) is 24.5 Å². The van der Waals surface area contributed by atoms with E-state index in [-0.39, 0.29) is 0 Å². The van der Waals surface area contributed by atoms with E-state index in [0.29, 0.717) is 6.04 Å². The summed E-state index contributed by atoms with van der Waals surface area (Å²) in [5.41, 5.74) is 2.66. The fourth-order valence-corrected chi connectivity index (χ4v) is 2.70. The maximum atomic E-state index is 4.06. The van der Waals surface area contributed by atoms with Crippen molar-refractivity contribution in [3.63, 3.8) is 0 Å². The standard InChI is InChI=1S/C16H20N2S/c1-12(2)18-11-14-10-13(3)4-5-16(14)19-15-6-8-17-9-7-15/h4-10,12,18H,11H2,1-3H3. The first-order valence-corrected chi connectivity index (χ1v) is 7.37. The summed E-state index contributed by atoms with van der Waals surface area (Å²) in [7, 11) is 0. The third kappa shape index (κ3) is 4.37. The first-order chi connectivity index (χ1) is 9.15. The van der Waals surface area contributed by atoms with Crippen LogP contribution in [0.25, 0.3) is 0 Å². The minimum Gasteiger partial charge on any atom is -0.310 e. The van der Waals surface area contributed by atoms with Gasteiger partial charge < -0.3 is 5.32 Å². The number of benzene rings is 1. The van der Waals surface area contributed by atoms with Gasteiger partial charge in [0.05, 0.1) is 0 Å². The molecular weight excluding hydrogens is 252 g/mol. The fraction of sp³-hybridized carbons (Fsp3) is 0.312. The summed E-state index contributed by atoms with van der Waals surface area (Å²) in [5.74, 6) is 0. The zero-order valence-corrected chi connectivity index (χ0v) is 12.5. The van der Waals surface area contributed by atoms with Gasteiger partial charge in [-0.2, -0.15) is 0 Å². The van der Waals surface area contributed by atoms with Gasteiger partial charge in [-0.05, 0) is 30.7 Å². The minimum absolute atomic E-state index is 0.499. The lowest BCUT2D eigenvalue weighted by atomic mass is 10.1. The van der Waals surface area contributed by atoms with E-state index < -0.39 is 0 Å². The molecule has 0 unspecified atom stereocenters. The number of rotatable bonds is 5. The van der Waals surface area contributed by atoms with Gasteiger partial charge in [-0.3, -0.25) is 4.98 Å². The highest BCUT2D eigenvalue weighted by molar-refractivity contribution is 7.99. The van der Waals surface area contributed by atoms with Crippen LogP contribution in [0.4, 0.5) is 0 Å². The molecule has 0 aliphatic heterocycles. The molecule has 0 saturated carbocycles. The largest absolute Gasteiger partial charge is 0.310 e. The Morgan fingerprint density at radius 3 is 2.58 bits per heavy atom. The third-order valence-corrected chi connectivity index (χ3v) is 3.92. The molecule has 0 amide bonds. The highest BCUT2D eigenvalue weighted by atomic mass is 32.2. The molecule has 3 heteroatoms. The molecule has 0 atom stereocenters. The summed E-state index contributed by atoms with van der Waals surface area (Å²) in [6.45, 7) is 7.39. The molecule has 2 nitrogen and oxygen atoms in total. The Morgan fingerprint density at radius 2 is 1.89 bits per heavy atom. The van der Waals surface area contributed by atoms with Crippen molar-refractivity contribution in [2.24, 2.45) is 0 Å². The fourth-order valence-electron chi connectivity index (χ4n) is 1.79. The first kappa shape index (κ1) is 14.1. The molecule has 1 aromatic carbocycles. The Balaban J connectivity index is 2.19. The predicted octanol–water partition coefficient (Wildman–Crippen LogP) is 4.04. The van der Waals surface area contributed by atoms with E-state index in [4.69, 9.17) is 0 Å². The van der Waals surface area contributed by atoms with Gasteiger partial charge in [0, 0.05) is 34.8 Å². The van der Waals surface area contributed by atoms with Crippen LogP contribution in [0.15, 0.2) is 52.5 Å². The monoisotopic (exact) mass is 272 g/mol. The molecule has 0 spiro atoms. The molecule has 0 fully saturated rings. The zero-order chi connectivity index (χ0) is 13.7. The molecule has 0 aliphatic rings. The number of aromatic nitrogens is 1. The molecule has 19 heavy (non-hydrogen) atoms. The van der Waals surface area contributed by atoms with Crippen molar-refractivity contribution in [1.82, 2.24) is 10.3 Å². The van der Waals surface area contributed by atoms with Crippen LogP contribution in [0, 0.1) is 6.92 Å². The lowest BCUT2D eigenvalue weighted by molar-refractivity contribution is 0.584. The molecule has 1 N–H and O–H groups in total. The lowest BCUT2D eigenvalue weighted by Gasteiger charge is -2.13. The number of hydrogen-bond acceptors (Lipinski definition) is 3. The Bertz CT molecular complexity index is 524. The molecule has 2 rings (SSSR count). The van der Waals surface area contributed by atoms with Gasteiger partial charge in [0.25, 0.3) is 0 Å². The van der Waals surface area contributed by atoms with Crippen molar-refractivity contribution in [1.29, 1.82) is 0 Å². The van der Waals surface area contributed by atoms with Crippen LogP contribution in [0.1, 0.15) is 25.0 Å². The van der Waals surface area contributed by atoms with Gasteiger partial charge in [-0.25, -0.2) is 0 Å². The maximum Gasteiger partial charge on any atom is 0.0279 e. The second kappa shape index (κ2) is 6.73. The van der Waals surface area contributed by atoms with Crippen molar-refractivity contribution in [3.05, 3.63) is 53.9 Å². The summed E-state index contributed by atoms with van der Waals surface area (Å²) >= 11 is 1.79. The van der Waals surface area contributed by atoms with Crippen LogP contribution < -0.4 is 5.32 Å². The number of nitrogens with zero attached hydrogens (tertiary/aromatic N) is 1. The first-order valence-electron chi connectivity index (χ1n) is 6.56. The van der Waals surface area contributed by atoms with Crippen molar-refractivity contribution in [2.45, 2.75) is 43.1 Å². The molecule has 0 bridgehead atoms. The van der Waals surface area contributed by atoms with Gasteiger partial charge in [0.1, 0.15) is 0 Å². The number of nitrogens with one attached hydrogen (secondary N) is 1. The van der Waals surface area contributed by atoms with Gasteiger partial charge >= 0.3 is 0 Å². The normalized spacial score (nSPS) is 10.9. The Kier molecular flexibility index (Phi) is 5.00. The Morgan fingerprint density at radius 1 is 1.16 bits per heavy atom. The third-order valence-electron chi connectivity index (χ3n) is 2.79. The minimum atomic E-state index is 0.499. The smallest absolute Gasteiger partial charge is 0.0279 e. The molecule has 1 heterocycles. The average Bonchev–Trinajstić information content (AvgIpc) is 2.40. The van der Waals surface area contributed by atoms with Crippen molar-refractivity contribution >= 4 is 11.8 Å². The average molecular weight is 272 g/mol. The van der Waals surface area contributed by atoms with Gasteiger partial charge in [0.15, 0.2) is 0 Å². The SMILES string of the molecule is Cc1ccc(Sc2ccncc2)c(CNC(C)C)c1. The van der Waals surface area contributed by atoms with Crippen LogP contribution in [0.3, 0.4) is 0 Å². The topological polar surface area (TPSA) is 24.9 Å². The van der Waals surface area contributed by atoms with E-state index in [9.17, 15) is 0 Å². The summed E-state index contributed by atoms with van der Waals surface area (Å²) in [5, 5.41) is 3.49. The molecule has 1 aromatic heterocycles. The van der Waals surface area contributed by atoms with Crippen LogP contribution in [-0.4, -0.2) is 11.0 Å². The summed E-state index contributed by atoms with van der Waals surface area (Å²) in [6, 6.07) is 11.2. The summed E-state index contributed by atoms with van der Waals surface area (Å²) in [4.78, 5) is 6.59. The summed E-state index contributed by atoms with van der Waals surface area (Å²) in [6.07, 6.45) is 3.67. The zero-order valence-electron chi connectivity index (χ0n) is 11.7. The highest BCUT2D eigenvalue weighted by Crippen LogP contribution is 2.30. The van der Waals surface area contributed by atoms with Gasteiger partial charge in [-0.15, -0.1) is 0 Å². The van der Waals surface area contributed by atoms with E-state index in [2.05, 4.69) is 49.3 Å². The molecule has 0 saturated heterocycles. The quantitative estimate of drug-likeness (QED) is 0.889. The van der Waals surface area contributed by atoms with Crippen molar-refractivity contribution in [2.75, 3.05) is 0 Å². The van der Waals surface area contributed by atoms with Crippen molar-refractivity contribution in [3.8, 4) is 0 Å². The summed E-state index contributed by atoms with van der Waals surface area (Å²) < 4.78 is 0. The molecular formula is C16H20N2S. The second-order valence-electron chi connectivity index (χ2n) is 4.93. The van der Waals surface area contributed by atoms with Crippen LogP contribution >= 0.6 is 11.8 Å². The van der Waals surface area contributed by atoms with Crippen molar-refractivity contribution < 1.29 is 0 Å². The van der Waals surface area contributed by atoms with Crippen LogP contribution in [-0.2, 0) is 6.54 Å². The molecule has 2 aromatic rings. The number of hydrogen-bond donors (Lipinski definition) is 1. The van der Waals surface area contributed by atoms with Gasteiger partial charge in [0.2, 0.25) is 0 Å². The predicted molar refractivity (Wildman–Crippen MR) is 81.5 cm³/mol. The second-order valence-corrected chi connectivity index (χ2v) is 6.05. The van der Waals surface area contributed by atoms with Crippen LogP contribution in [0.5, 0.6) is 0 Å². The molecule has 0 aliphatic carbocycles. The van der Waals surface area contributed by atoms with Gasteiger partial charge in [-0.1, -0.05) is 43.3 Å².